The molecule has 168 valence electrons. The van der Waals surface area contributed by atoms with Gasteiger partial charge in [-0.25, -0.2) is 0 Å². The van der Waals surface area contributed by atoms with Crippen molar-refractivity contribution in [3.8, 4) is 17.6 Å². The molecule has 4 heterocycles. The normalized spacial score (nSPS) is 24.5. The molecule has 1 unspecified atom stereocenters. The summed E-state index contributed by atoms with van der Waals surface area (Å²) in [6.45, 7) is 3.39. The number of carbonyl (C=O) groups excluding carboxylic acids is 1. The number of ether oxygens (including phenoxy) is 2. The predicted octanol–water partition coefficient (Wildman–Crippen LogP) is 4.61. The minimum atomic E-state index is -0.356. The number of esters is 1. The molecular weight excluding hydrogens is 412 g/mol. The number of nitrogens with zero attached hydrogens (tertiary/aromatic N) is 2. The molecule has 6 rings (SSSR count). The van der Waals surface area contributed by atoms with E-state index in [0.717, 1.165) is 53.7 Å². The van der Waals surface area contributed by atoms with Gasteiger partial charge in [0, 0.05) is 42.1 Å². The average molecular weight is 441 g/mol. The Kier molecular flexibility index (Phi) is 6.02. The van der Waals surface area contributed by atoms with Crippen LogP contribution >= 0.6 is 0 Å². The third-order valence-electron chi connectivity index (χ3n) is 6.91. The molecule has 5 nitrogen and oxygen atoms in total. The fourth-order valence-electron chi connectivity index (χ4n) is 5.29. The molecular formula is C28H28N2O3. The SMILES string of the molecule is COc1ccc2nccc([C@@H](OC(C)=O)[C@@H]3C[C@@H]4CCN3C[C@@H]4C#Cc3ccccc3)c2c1. The average Bonchev–Trinajstić information content (AvgIpc) is 2.86. The Morgan fingerprint density at radius 1 is 1.18 bits per heavy atom. The van der Waals surface area contributed by atoms with E-state index in [0.29, 0.717) is 11.8 Å². The number of fused-ring (bicyclic) bond motifs is 4. The molecule has 33 heavy (non-hydrogen) atoms. The number of hydrogen-bond acceptors (Lipinski definition) is 5. The number of piperidine rings is 3. The van der Waals surface area contributed by atoms with Crippen LogP contribution in [0.25, 0.3) is 10.9 Å². The molecule has 0 saturated carbocycles. The second-order valence-electron chi connectivity index (χ2n) is 8.90. The van der Waals surface area contributed by atoms with E-state index >= 15 is 0 Å². The van der Waals surface area contributed by atoms with Crippen molar-refractivity contribution in [3.05, 3.63) is 71.9 Å². The summed E-state index contributed by atoms with van der Waals surface area (Å²) in [7, 11) is 1.66. The van der Waals surface area contributed by atoms with Gasteiger partial charge in [-0.15, -0.1) is 0 Å². The molecule has 3 aromatic rings. The number of carbonyl (C=O) groups is 1. The Morgan fingerprint density at radius 3 is 2.76 bits per heavy atom. The molecule has 0 aliphatic carbocycles. The highest BCUT2D eigenvalue weighted by Crippen LogP contribution is 2.43. The van der Waals surface area contributed by atoms with Crippen LogP contribution in [-0.2, 0) is 9.53 Å². The van der Waals surface area contributed by atoms with E-state index < -0.39 is 0 Å². The van der Waals surface area contributed by atoms with Gasteiger partial charge >= 0.3 is 5.97 Å². The molecule has 3 aliphatic heterocycles. The topological polar surface area (TPSA) is 51.7 Å². The van der Waals surface area contributed by atoms with Crippen molar-refractivity contribution in [3.63, 3.8) is 0 Å². The molecule has 3 aliphatic rings. The number of aromatic nitrogens is 1. The summed E-state index contributed by atoms with van der Waals surface area (Å²) in [5.41, 5.74) is 2.91. The van der Waals surface area contributed by atoms with Crippen molar-refractivity contribution in [2.75, 3.05) is 20.2 Å². The second kappa shape index (κ2) is 9.25. The summed E-state index contributed by atoms with van der Waals surface area (Å²) in [4.78, 5) is 19.1. The van der Waals surface area contributed by atoms with Crippen molar-refractivity contribution in [2.24, 2.45) is 11.8 Å². The highest BCUT2D eigenvalue weighted by Gasteiger charge is 2.44. The van der Waals surface area contributed by atoms with E-state index in [4.69, 9.17) is 9.47 Å². The summed E-state index contributed by atoms with van der Waals surface area (Å²) >= 11 is 0. The molecule has 2 bridgehead atoms. The smallest absolute Gasteiger partial charge is 0.303 e. The third kappa shape index (κ3) is 4.44. The first-order valence-corrected chi connectivity index (χ1v) is 11.5. The first-order chi connectivity index (χ1) is 16.1. The number of pyridine rings is 1. The quantitative estimate of drug-likeness (QED) is 0.438. The van der Waals surface area contributed by atoms with Crippen molar-refractivity contribution >= 4 is 16.9 Å². The van der Waals surface area contributed by atoms with Crippen molar-refractivity contribution in [1.29, 1.82) is 0 Å². The molecule has 0 radical (unpaired) electrons. The van der Waals surface area contributed by atoms with Gasteiger partial charge in [-0.05, 0) is 61.7 Å². The highest BCUT2D eigenvalue weighted by atomic mass is 16.5. The maximum atomic E-state index is 12.2. The monoisotopic (exact) mass is 440 g/mol. The van der Waals surface area contributed by atoms with Gasteiger partial charge < -0.3 is 9.47 Å². The lowest BCUT2D eigenvalue weighted by molar-refractivity contribution is -0.154. The highest BCUT2D eigenvalue weighted by molar-refractivity contribution is 5.84. The second-order valence-corrected chi connectivity index (χ2v) is 8.90. The zero-order valence-corrected chi connectivity index (χ0v) is 19.0. The van der Waals surface area contributed by atoms with E-state index in [1.165, 1.54) is 6.92 Å². The predicted molar refractivity (Wildman–Crippen MR) is 128 cm³/mol. The minimum Gasteiger partial charge on any atom is -0.497 e. The maximum absolute atomic E-state index is 12.2. The Balaban J connectivity index is 1.45. The molecule has 5 atom stereocenters. The van der Waals surface area contributed by atoms with Gasteiger partial charge in [0.15, 0.2) is 0 Å². The molecule has 0 spiro atoms. The first-order valence-electron chi connectivity index (χ1n) is 11.5. The van der Waals surface area contributed by atoms with E-state index in [1.54, 1.807) is 13.3 Å². The third-order valence-corrected chi connectivity index (χ3v) is 6.91. The van der Waals surface area contributed by atoms with E-state index in [-0.39, 0.29) is 18.1 Å². The van der Waals surface area contributed by atoms with E-state index in [9.17, 15) is 4.79 Å². The van der Waals surface area contributed by atoms with Gasteiger partial charge in [-0.3, -0.25) is 14.7 Å². The van der Waals surface area contributed by atoms with Crippen LogP contribution in [0.1, 0.15) is 37.0 Å². The summed E-state index contributed by atoms with van der Waals surface area (Å²) in [5.74, 6) is 8.22. The Hall–Kier alpha value is -3.36. The number of methoxy groups -OCH3 is 1. The molecule has 3 fully saturated rings. The molecule has 3 saturated heterocycles. The van der Waals surface area contributed by atoms with Crippen LogP contribution in [0.2, 0.25) is 0 Å². The summed E-state index contributed by atoms with van der Waals surface area (Å²) < 4.78 is 11.4. The maximum Gasteiger partial charge on any atom is 0.303 e. The Labute approximate surface area is 194 Å². The largest absolute Gasteiger partial charge is 0.497 e. The summed E-state index contributed by atoms with van der Waals surface area (Å²) in [6, 6.07) is 18.1. The van der Waals surface area contributed by atoms with Gasteiger partial charge in [-0.2, -0.15) is 0 Å². The van der Waals surface area contributed by atoms with E-state index in [1.807, 2.05) is 42.5 Å². The standard InChI is InChI=1S/C28H28N2O3/c1-19(31)33-28(24-12-14-29-26-11-10-23(32-2)17-25(24)26)27-16-21-13-15-30(27)18-22(21)9-8-20-6-4-3-5-7-20/h3-7,10-12,14,17,21-22,27-28H,13,15-16,18H2,1-2H3/t21-,22-,27-,28+/m0/s1. The first kappa shape index (κ1) is 21.5. The molecule has 5 heteroatoms. The fourth-order valence-corrected chi connectivity index (χ4v) is 5.29. The lowest BCUT2D eigenvalue weighted by Crippen LogP contribution is -2.55. The van der Waals surface area contributed by atoms with Gasteiger partial charge in [0.2, 0.25) is 0 Å². The van der Waals surface area contributed by atoms with Crippen LogP contribution in [0.3, 0.4) is 0 Å². The Morgan fingerprint density at radius 2 is 2.03 bits per heavy atom. The van der Waals surface area contributed by atoms with Crippen molar-refractivity contribution in [2.45, 2.75) is 31.9 Å². The van der Waals surface area contributed by atoms with Crippen molar-refractivity contribution in [1.82, 2.24) is 9.88 Å². The van der Waals surface area contributed by atoms with Crippen LogP contribution in [0.15, 0.2) is 60.8 Å². The fraction of sp³-hybridized carbons (Fsp3) is 0.357. The summed E-state index contributed by atoms with van der Waals surface area (Å²) in [6.07, 6.45) is 3.53. The van der Waals surface area contributed by atoms with Crippen LogP contribution in [0.5, 0.6) is 5.75 Å². The minimum absolute atomic E-state index is 0.124. The number of hydrogen-bond donors (Lipinski definition) is 0. The lowest BCUT2D eigenvalue weighted by Gasteiger charge is -2.50. The van der Waals surface area contributed by atoms with Gasteiger partial charge in [0.25, 0.3) is 0 Å². The summed E-state index contributed by atoms with van der Waals surface area (Å²) in [5, 5.41) is 0.964. The van der Waals surface area contributed by atoms with Gasteiger partial charge in [-0.1, -0.05) is 30.0 Å². The molecule has 2 aromatic carbocycles. The number of benzene rings is 2. The lowest BCUT2D eigenvalue weighted by atomic mass is 9.73. The zero-order chi connectivity index (χ0) is 22.8. The Bertz CT molecular complexity index is 1210. The van der Waals surface area contributed by atoms with Crippen LogP contribution < -0.4 is 4.74 Å². The van der Waals surface area contributed by atoms with Crippen LogP contribution in [-0.4, -0.2) is 42.1 Å². The molecule has 0 N–H and O–H groups in total. The van der Waals surface area contributed by atoms with Crippen molar-refractivity contribution < 1.29 is 14.3 Å². The zero-order valence-electron chi connectivity index (χ0n) is 19.0. The van der Waals surface area contributed by atoms with Gasteiger partial charge in [0.1, 0.15) is 11.9 Å². The van der Waals surface area contributed by atoms with Gasteiger partial charge in [0.05, 0.1) is 18.7 Å². The number of rotatable bonds is 4. The van der Waals surface area contributed by atoms with Crippen LogP contribution in [0, 0.1) is 23.7 Å². The van der Waals surface area contributed by atoms with E-state index in [2.05, 4.69) is 33.9 Å². The molecule has 1 aromatic heterocycles. The van der Waals surface area contributed by atoms with Crippen LogP contribution in [0.4, 0.5) is 0 Å². The molecule has 0 amide bonds.